The molecule has 0 heterocycles. The zero-order chi connectivity index (χ0) is 17.5. The number of carbonyl (C=O) groups is 2. The van der Waals surface area contributed by atoms with Gasteiger partial charge in [0.05, 0.1) is 23.1 Å². The van der Waals surface area contributed by atoms with Crippen LogP contribution in [-0.2, 0) is 9.53 Å². The third kappa shape index (κ3) is 5.01. The number of esters is 1. The zero-order valence-corrected chi connectivity index (χ0v) is 15.0. The van der Waals surface area contributed by atoms with E-state index in [1.54, 1.807) is 43.3 Å². The standard InChI is InChI=1S/C18H18ClNO3S/c1-3-23-18(22)15-6-4-5-7-16(15)20-17(21)12(2)24-14-10-8-13(19)9-11-14/h4-12H,3H2,1-2H3,(H,20,21)/t12-/m1/s1. The maximum absolute atomic E-state index is 12.4. The lowest BCUT2D eigenvalue weighted by Crippen LogP contribution is -2.23. The van der Waals surface area contributed by atoms with E-state index in [4.69, 9.17) is 16.3 Å². The summed E-state index contributed by atoms with van der Waals surface area (Å²) >= 11 is 7.28. The van der Waals surface area contributed by atoms with Gasteiger partial charge in [-0.25, -0.2) is 4.79 Å². The molecule has 2 aromatic rings. The molecular weight excluding hydrogens is 346 g/mol. The van der Waals surface area contributed by atoms with Crippen molar-refractivity contribution in [3.8, 4) is 0 Å². The molecule has 0 spiro atoms. The molecular formula is C18H18ClNO3S. The molecule has 0 fully saturated rings. The first kappa shape index (κ1) is 18.4. The normalized spacial score (nSPS) is 11.6. The summed E-state index contributed by atoms with van der Waals surface area (Å²) in [7, 11) is 0. The van der Waals surface area contributed by atoms with Crippen molar-refractivity contribution in [2.45, 2.75) is 24.0 Å². The number of hydrogen-bond acceptors (Lipinski definition) is 4. The molecule has 0 aliphatic rings. The molecule has 4 nitrogen and oxygen atoms in total. The van der Waals surface area contributed by atoms with Crippen LogP contribution in [-0.4, -0.2) is 23.7 Å². The number of thioether (sulfide) groups is 1. The highest BCUT2D eigenvalue weighted by Gasteiger charge is 2.18. The van der Waals surface area contributed by atoms with Gasteiger partial charge in [-0.15, -0.1) is 11.8 Å². The molecule has 0 saturated heterocycles. The molecule has 6 heteroatoms. The summed E-state index contributed by atoms with van der Waals surface area (Å²) in [5, 5.41) is 3.12. The molecule has 24 heavy (non-hydrogen) atoms. The van der Waals surface area contributed by atoms with Crippen LogP contribution < -0.4 is 5.32 Å². The molecule has 0 aliphatic carbocycles. The van der Waals surface area contributed by atoms with Gasteiger partial charge in [-0.1, -0.05) is 23.7 Å². The van der Waals surface area contributed by atoms with E-state index in [0.29, 0.717) is 16.3 Å². The zero-order valence-electron chi connectivity index (χ0n) is 13.4. The number of ether oxygens (including phenoxy) is 1. The highest BCUT2D eigenvalue weighted by atomic mass is 35.5. The van der Waals surface area contributed by atoms with Gasteiger partial charge >= 0.3 is 5.97 Å². The molecule has 0 radical (unpaired) electrons. The molecule has 1 atom stereocenters. The van der Waals surface area contributed by atoms with Crippen LogP contribution in [0.15, 0.2) is 53.4 Å². The summed E-state index contributed by atoms with van der Waals surface area (Å²) in [4.78, 5) is 25.3. The molecule has 0 bridgehead atoms. The Labute approximate surface area is 150 Å². The Morgan fingerprint density at radius 3 is 2.50 bits per heavy atom. The minimum Gasteiger partial charge on any atom is -0.462 e. The molecule has 1 N–H and O–H groups in total. The Bertz CT molecular complexity index is 718. The Kier molecular flexibility index (Phi) is 6.70. The number of para-hydroxylation sites is 1. The minimum atomic E-state index is -0.452. The summed E-state index contributed by atoms with van der Waals surface area (Å²) in [5.41, 5.74) is 0.792. The lowest BCUT2D eigenvalue weighted by molar-refractivity contribution is -0.115. The third-order valence-electron chi connectivity index (χ3n) is 3.18. The topological polar surface area (TPSA) is 55.4 Å². The third-order valence-corrected chi connectivity index (χ3v) is 4.54. The molecule has 0 unspecified atom stereocenters. The van der Waals surface area contributed by atoms with Crippen LogP contribution >= 0.6 is 23.4 Å². The van der Waals surface area contributed by atoms with Crippen molar-refractivity contribution in [1.82, 2.24) is 0 Å². The molecule has 0 saturated carbocycles. The predicted molar refractivity (Wildman–Crippen MR) is 97.8 cm³/mol. The van der Waals surface area contributed by atoms with E-state index in [9.17, 15) is 9.59 Å². The maximum atomic E-state index is 12.4. The fourth-order valence-corrected chi connectivity index (χ4v) is 2.98. The van der Waals surface area contributed by atoms with E-state index < -0.39 is 5.97 Å². The highest BCUT2D eigenvalue weighted by molar-refractivity contribution is 8.00. The summed E-state index contributed by atoms with van der Waals surface area (Å²) < 4.78 is 5.01. The Hall–Kier alpha value is -1.98. The molecule has 126 valence electrons. The van der Waals surface area contributed by atoms with E-state index in [1.807, 2.05) is 19.1 Å². The SMILES string of the molecule is CCOC(=O)c1ccccc1NC(=O)[C@@H](C)Sc1ccc(Cl)cc1. The van der Waals surface area contributed by atoms with Gasteiger partial charge in [-0.05, 0) is 50.2 Å². The van der Waals surface area contributed by atoms with Crippen LogP contribution in [0.4, 0.5) is 5.69 Å². The van der Waals surface area contributed by atoms with Gasteiger partial charge in [0.2, 0.25) is 5.91 Å². The largest absolute Gasteiger partial charge is 0.462 e. The summed E-state index contributed by atoms with van der Waals surface area (Å²) in [6.07, 6.45) is 0. The van der Waals surface area contributed by atoms with E-state index in [2.05, 4.69) is 5.32 Å². The summed E-state index contributed by atoms with van der Waals surface area (Å²) in [6.45, 7) is 3.83. The van der Waals surface area contributed by atoms with Crippen LogP contribution in [0.5, 0.6) is 0 Å². The average molecular weight is 364 g/mol. The fraction of sp³-hybridized carbons (Fsp3) is 0.222. The van der Waals surface area contributed by atoms with E-state index in [1.165, 1.54) is 11.8 Å². The van der Waals surface area contributed by atoms with Gasteiger partial charge in [0, 0.05) is 9.92 Å². The van der Waals surface area contributed by atoms with Crippen LogP contribution in [0.25, 0.3) is 0 Å². The first-order valence-electron chi connectivity index (χ1n) is 7.50. The number of anilines is 1. The number of carbonyl (C=O) groups excluding carboxylic acids is 2. The second-order valence-corrected chi connectivity index (χ2v) is 6.82. The number of amides is 1. The molecule has 2 aromatic carbocycles. The predicted octanol–water partition coefficient (Wildman–Crippen LogP) is 4.64. The van der Waals surface area contributed by atoms with Crippen LogP contribution in [0.2, 0.25) is 5.02 Å². The van der Waals surface area contributed by atoms with Crippen molar-refractivity contribution >= 4 is 40.9 Å². The monoisotopic (exact) mass is 363 g/mol. The van der Waals surface area contributed by atoms with Crippen molar-refractivity contribution in [3.05, 3.63) is 59.1 Å². The first-order chi connectivity index (χ1) is 11.5. The number of hydrogen-bond donors (Lipinski definition) is 1. The van der Waals surface area contributed by atoms with E-state index >= 15 is 0 Å². The number of benzene rings is 2. The smallest absolute Gasteiger partial charge is 0.340 e. The summed E-state index contributed by atoms with van der Waals surface area (Å²) in [5.74, 6) is -0.641. The lowest BCUT2D eigenvalue weighted by Gasteiger charge is -2.14. The highest BCUT2D eigenvalue weighted by Crippen LogP contribution is 2.26. The Balaban J connectivity index is 2.06. The molecule has 0 aliphatic heterocycles. The van der Waals surface area contributed by atoms with Gasteiger partial charge in [0.1, 0.15) is 0 Å². The van der Waals surface area contributed by atoms with Crippen LogP contribution in [0, 0.1) is 0 Å². The van der Waals surface area contributed by atoms with Crippen molar-refractivity contribution in [2.75, 3.05) is 11.9 Å². The molecule has 2 rings (SSSR count). The Morgan fingerprint density at radius 2 is 1.83 bits per heavy atom. The van der Waals surface area contributed by atoms with Gasteiger partial charge < -0.3 is 10.1 Å². The fourth-order valence-electron chi connectivity index (χ4n) is 1.98. The second kappa shape index (κ2) is 8.76. The van der Waals surface area contributed by atoms with Gasteiger partial charge in [-0.2, -0.15) is 0 Å². The van der Waals surface area contributed by atoms with Crippen LogP contribution in [0.1, 0.15) is 24.2 Å². The van der Waals surface area contributed by atoms with E-state index in [0.717, 1.165) is 4.90 Å². The van der Waals surface area contributed by atoms with Gasteiger partial charge in [0.25, 0.3) is 0 Å². The molecule has 1 amide bonds. The van der Waals surface area contributed by atoms with Crippen molar-refractivity contribution in [3.63, 3.8) is 0 Å². The Morgan fingerprint density at radius 1 is 1.17 bits per heavy atom. The van der Waals surface area contributed by atoms with Crippen LogP contribution in [0.3, 0.4) is 0 Å². The van der Waals surface area contributed by atoms with Crippen molar-refractivity contribution < 1.29 is 14.3 Å². The summed E-state index contributed by atoms with van der Waals surface area (Å²) in [6, 6.07) is 14.1. The van der Waals surface area contributed by atoms with Gasteiger partial charge in [0.15, 0.2) is 0 Å². The quantitative estimate of drug-likeness (QED) is 0.600. The van der Waals surface area contributed by atoms with Crippen molar-refractivity contribution in [1.29, 1.82) is 0 Å². The van der Waals surface area contributed by atoms with Crippen molar-refractivity contribution in [2.24, 2.45) is 0 Å². The van der Waals surface area contributed by atoms with Gasteiger partial charge in [-0.3, -0.25) is 4.79 Å². The number of halogens is 1. The second-order valence-electron chi connectivity index (χ2n) is 4.97. The maximum Gasteiger partial charge on any atom is 0.340 e. The number of rotatable bonds is 6. The first-order valence-corrected chi connectivity index (χ1v) is 8.76. The average Bonchev–Trinajstić information content (AvgIpc) is 2.57. The number of nitrogens with one attached hydrogen (secondary N) is 1. The molecule has 0 aromatic heterocycles. The van der Waals surface area contributed by atoms with E-state index in [-0.39, 0.29) is 17.8 Å². The minimum absolute atomic E-state index is 0.188. The lowest BCUT2D eigenvalue weighted by atomic mass is 10.1.